The summed E-state index contributed by atoms with van der Waals surface area (Å²) in [4.78, 5) is 20.4. The van der Waals surface area contributed by atoms with Crippen LogP contribution in [0.3, 0.4) is 0 Å². The molecule has 0 saturated heterocycles. The highest BCUT2D eigenvalue weighted by molar-refractivity contribution is 7.92. The largest absolute Gasteiger partial charge is 0.323 e. The minimum Gasteiger partial charge on any atom is -0.323 e. The number of amides is 1. The van der Waals surface area contributed by atoms with Gasteiger partial charge in [-0.1, -0.05) is 29.3 Å². The predicted molar refractivity (Wildman–Crippen MR) is 123 cm³/mol. The summed E-state index contributed by atoms with van der Waals surface area (Å²) in [5.41, 5.74) is 1.60. The van der Waals surface area contributed by atoms with Crippen molar-refractivity contribution < 1.29 is 13.2 Å². The molecule has 0 bridgehead atoms. The molecule has 1 heterocycles. The van der Waals surface area contributed by atoms with Crippen LogP contribution < -0.4 is 10.0 Å². The first kappa shape index (κ1) is 22.7. The molecule has 0 spiro atoms. The lowest BCUT2D eigenvalue weighted by Crippen LogP contribution is -2.15. The number of carbonyl (C=O) groups is 1. The highest BCUT2D eigenvalue weighted by Crippen LogP contribution is 2.25. The molecule has 1 aromatic heterocycles. The van der Waals surface area contributed by atoms with Crippen molar-refractivity contribution in [1.82, 2.24) is 9.97 Å². The van der Waals surface area contributed by atoms with Crippen LogP contribution in [0.25, 0.3) is 6.08 Å². The summed E-state index contributed by atoms with van der Waals surface area (Å²) in [5.74, 6) is 0.226. The lowest BCUT2D eigenvalue weighted by molar-refractivity contribution is -0.111. The van der Waals surface area contributed by atoms with E-state index in [1.165, 1.54) is 42.5 Å². The Labute approximate surface area is 190 Å². The molecule has 31 heavy (non-hydrogen) atoms. The zero-order valence-corrected chi connectivity index (χ0v) is 18.9. The van der Waals surface area contributed by atoms with Crippen LogP contribution in [-0.4, -0.2) is 24.3 Å². The van der Waals surface area contributed by atoms with E-state index >= 15 is 0 Å². The molecule has 160 valence electrons. The van der Waals surface area contributed by atoms with Gasteiger partial charge < -0.3 is 5.32 Å². The number of anilines is 2. The number of nitrogens with zero attached hydrogens (tertiary/aromatic N) is 2. The van der Waals surface area contributed by atoms with E-state index < -0.39 is 15.9 Å². The smallest absolute Gasteiger partial charge is 0.263 e. The number of carbonyl (C=O) groups excluding carboxylic acids is 1. The van der Waals surface area contributed by atoms with E-state index in [-0.39, 0.29) is 10.7 Å². The molecule has 2 aromatic carbocycles. The van der Waals surface area contributed by atoms with Crippen LogP contribution in [0.2, 0.25) is 10.0 Å². The minimum absolute atomic E-state index is 0.0257. The van der Waals surface area contributed by atoms with E-state index in [0.717, 1.165) is 0 Å². The van der Waals surface area contributed by atoms with Crippen molar-refractivity contribution in [2.75, 3.05) is 10.0 Å². The normalized spacial score (nSPS) is 11.5. The van der Waals surface area contributed by atoms with Gasteiger partial charge >= 0.3 is 0 Å². The Kier molecular flexibility index (Phi) is 6.94. The van der Waals surface area contributed by atoms with Crippen LogP contribution in [0.1, 0.15) is 17.1 Å². The van der Waals surface area contributed by atoms with Crippen LogP contribution in [0, 0.1) is 13.8 Å². The lowest BCUT2D eigenvalue weighted by atomic mass is 10.2. The Morgan fingerprint density at radius 3 is 2.26 bits per heavy atom. The SMILES string of the molecule is Cc1cc(NS(=O)(=O)c2ccc(NC(=O)/C=C/c3c(Cl)cccc3Cl)cc2)nc(C)n1. The summed E-state index contributed by atoms with van der Waals surface area (Å²) in [6.45, 7) is 3.43. The average molecular weight is 477 g/mol. The molecule has 10 heteroatoms. The molecular formula is C21H18Cl2N4O3S. The molecule has 7 nitrogen and oxygen atoms in total. The number of nitrogens with one attached hydrogen (secondary N) is 2. The number of hydrogen-bond acceptors (Lipinski definition) is 5. The van der Waals surface area contributed by atoms with Crippen molar-refractivity contribution in [3.05, 3.63) is 81.7 Å². The van der Waals surface area contributed by atoms with E-state index in [9.17, 15) is 13.2 Å². The molecule has 3 aromatic rings. The summed E-state index contributed by atoms with van der Waals surface area (Å²) < 4.78 is 27.6. The van der Waals surface area contributed by atoms with Gasteiger partial charge in [-0.25, -0.2) is 18.4 Å². The molecule has 0 aliphatic carbocycles. The maximum atomic E-state index is 12.6. The van der Waals surface area contributed by atoms with Gasteiger partial charge in [0.2, 0.25) is 5.91 Å². The molecular weight excluding hydrogens is 459 g/mol. The summed E-state index contributed by atoms with van der Waals surface area (Å²) in [6.07, 6.45) is 2.80. The lowest BCUT2D eigenvalue weighted by Gasteiger charge is -2.09. The Bertz CT molecular complexity index is 1220. The second-order valence-electron chi connectivity index (χ2n) is 6.53. The van der Waals surface area contributed by atoms with Crippen molar-refractivity contribution >= 4 is 56.7 Å². The van der Waals surface area contributed by atoms with Gasteiger partial charge in [-0.3, -0.25) is 9.52 Å². The highest BCUT2D eigenvalue weighted by atomic mass is 35.5. The maximum Gasteiger partial charge on any atom is 0.263 e. The molecule has 0 radical (unpaired) electrons. The van der Waals surface area contributed by atoms with Crippen LogP contribution in [-0.2, 0) is 14.8 Å². The molecule has 0 fully saturated rings. The number of halogens is 2. The molecule has 1 amide bonds. The van der Waals surface area contributed by atoms with Crippen LogP contribution in [0.4, 0.5) is 11.5 Å². The fourth-order valence-electron chi connectivity index (χ4n) is 2.70. The standard InChI is InChI=1S/C21H18Cl2N4O3S/c1-13-12-20(25-14(2)24-13)27-31(29,30)16-8-6-15(7-9-16)26-21(28)11-10-17-18(22)4-3-5-19(17)23/h3-12H,1-2H3,(H,26,28)(H,24,25,27)/b11-10+. The Balaban J connectivity index is 1.69. The topological polar surface area (TPSA) is 101 Å². The van der Waals surface area contributed by atoms with Crippen molar-refractivity contribution in [3.8, 4) is 0 Å². The first-order valence-electron chi connectivity index (χ1n) is 9.02. The van der Waals surface area contributed by atoms with Gasteiger partial charge in [0, 0.05) is 39.1 Å². The Morgan fingerprint density at radius 1 is 1.00 bits per heavy atom. The molecule has 0 saturated carbocycles. The second kappa shape index (κ2) is 9.47. The third kappa shape index (κ3) is 6.04. The average Bonchev–Trinajstić information content (AvgIpc) is 2.67. The highest BCUT2D eigenvalue weighted by Gasteiger charge is 2.15. The Hall–Kier alpha value is -2.94. The van der Waals surface area contributed by atoms with Gasteiger partial charge in [0.05, 0.1) is 4.90 Å². The molecule has 0 atom stereocenters. The summed E-state index contributed by atoms with van der Waals surface area (Å²) in [6, 6.07) is 12.3. The third-order valence-corrected chi connectivity index (χ3v) is 6.07. The number of aromatic nitrogens is 2. The molecule has 2 N–H and O–H groups in total. The number of benzene rings is 2. The van der Waals surface area contributed by atoms with Crippen molar-refractivity contribution in [3.63, 3.8) is 0 Å². The number of aryl methyl sites for hydroxylation is 2. The van der Waals surface area contributed by atoms with Gasteiger partial charge in [0.1, 0.15) is 11.6 Å². The van der Waals surface area contributed by atoms with Gasteiger partial charge in [0.15, 0.2) is 0 Å². The van der Waals surface area contributed by atoms with E-state index in [0.29, 0.717) is 32.8 Å². The van der Waals surface area contributed by atoms with Crippen molar-refractivity contribution in [1.29, 1.82) is 0 Å². The molecule has 0 aliphatic heterocycles. The zero-order chi connectivity index (χ0) is 22.6. The van der Waals surface area contributed by atoms with Crippen LogP contribution in [0.5, 0.6) is 0 Å². The number of sulfonamides is 1. The molecule has 0 aliphatic rings. The molecule has 0 unspecified atom stereocenters. The summed E-state index contributed by atoms with van der Waals surface area (Å²) in [7, 11) is -3.84. The first-order valence-corrected chi connectivity index (χ1v) is 11.3. The van der Waals surface area contributed by atoms with Crippen molar-refractivity contribution in [2.24, 2.45) is 0 Å². The van der Waals surface area contributed by atoms with E-state index in [1.54, 1.807) is 32.0 Å². The van der Waals surface area contributed by atoms with Gasteiger partial charge in [0.25, 0.3) is 10.0 Å². The van der Waals surface area contributed by atoms with Gasteiger partial charge in [-0.05, 0) is 56.3 Å². The second-order valence-corrected chi connectivity index (χ2v) is 9.03. The van der Waals surface area contributed by atoms with Gasteiger partial charge in [-0.15, -0.1) is 0 Å². The Morgan fingerprint density at radius 2 is 1.65 bits per heavy atom. The monoisotopic (exact) mass is 476 g/mol. The summed E-state index contributed by atoms with van der Waals surface area (Å²) >= 11 is 12.1. The molecule has 3 rings (SSSR count). The van der Waals surface area contributed by atoms with E-state index in [4.69, 9.17) is 23.2 Å². The fourth-order valence-corrected chi connectivity index (χ4v) is 4.21. The van der Waals surface area contributed by atoms with Crippen LogP contribution in [0.15, 0.2) is 59.5 Å². The maximum absolute atomic E-state index is 12.6. The van der Waals surface area contributed by atoms with Crippen molar-refractivity contribution in [2.45, 2.75) is 18.7 Å². The van der Waals surface area contributed by atoms with Crippen LogP contribution >= 0.6 is 23.2 Å². The predicted octanol–water partition coefficient (Wildman–Crippen LogP) is 4.85. The first-order chi connectivity index (χ1) is 14.6. The number of hydrogen-bond donors (Lipinski definition) is 2. The van der Waals surface area contributed by atoms with Gasteiger partial charge in [-0.2, -0.15) is 0 Å². The fraction of sp³-hybridized carbons (Fsp3) is 0.0952. The summed E-state index contributed by atoms with van der Waals surface area (Å²) in [5, 5.41) is 3.49. The number of rotatable bonds is 6. The van der Waals surface area contributed by atoms with E-state index in [1.807, 2.05) is 0 Å². The minimum atomic E-state index is -3.84. The third-order valence-electron chi connectivity index (χ3n) is 4.04. The van der Waals surface area contributed by atoms with E-state index in [2.05, 4.69) is 20.0 Å². The quantitative estimate of drug-likeness (QED) is 0.494. The zero-order valence-electron chi connectivity index (χ0n) is 16.6.